The van der Waals surface area contributed by atoms with Gasteiger partial charge in [0.05, 0.1) is 4.90 Å². The molecule has 9 heavy (non-hydrogen) atoms. The van der Waals surface area contributed by atoms with E-state index in [9.17, 15) is 0 Å². The molecule has 0 saturated carbocycles. The van der Waals surface area contributed by atoms with Gasteiger partial charge in [0.25, 0.3) is 0 Å². The molecular formula is C7H8NS+. The van der Waals surface area contributed by atoms with Crippen LogP contribution in [0.5, 0.6) is 0 Å². The maximum atomic E-state index is 3.07. The molecule has 1 N–H and O–H groups in total. The molecule has 46 valence electrons. The molecule has 0 atom stereocenters. The Balaban J connectivity index is 2.54. The van der Waals surface area contributed by atoms with Crippen molar-refractivity contribution in [3.05, 3.63) is 24.0 Å². The monoisotopic (exact) mass is 138 g/mol. The Kier molecular flexibility index (Phi) is 1.19. The van der Waals surface area contributed by atoms with Crippen molar-refractivity contribution in [2.45, 2.75) is 11.3 Å². The first-order chi connectivity index (χ1) is 4.47. The Morgan fingerprint density at radius 2 is 2.56 bits per heavy atom. The van der Waals surface area contributed by atoms with E-state index < -0.39 is 0 Å². The molecular weight excluding hydrogens is 130 g/mol. The third-order valence-electron chi connectivity index (χ3n) is 1.54. The van der Waals surface area contributed by atoms with Gasteiger partial charge in [0.2, 0.25) is 0 Å². The molecule has 0 radical (unpaired) electrons. The Morgan fingerprint density at radius 1 is 1.56 bits per heavy atom. The van der Waals surface area contributed by atoms with Gasteiger partial charge in [0.1, 0.15) is 0 Å². The van der Waals surface area contributed by atoms with Crippen molar-refractivity contribution in [3.63, 3.8) is 0 Å². The molecule has 0 aliphatic carbocycles. The molecule has 2 heteroatoms. The van der Waals surface area contributed by atoms with Gasteiger partial charge >= 0.3 is 0 Å². The first-order valence-electron chi connectivity index (χ1n) is 3.08. The molecule has 1 aliphatic heterocycles. The van der Waals surface area contributed by atoms with Gasteiger partial charge in [-0.25, -0.2) is 4.98 Å². The van der Waals surface area contributed by atoms with E-state index >= 15 is 0 Å². The summed E-state index contributed by atoms with van der Waals surface area (Å²) in [4.78, 5) is 4.50. The van der Waals surface area contributed by atoms with Crippen LogP contribution in [0.3, 0.4) is 0 Å². The maximum Gasteiger partial charge on any atom is 0.180 e. The van der Waals surface area contributed by atoms with Crippen molar-refractivity contribution in [3.8, 4) is 0 Å². The fraction of sp³-hybridized carbons (Fsp3) is 0.286. The van der Waals surface area contributed by atoms with E-state index in [1.807, 2.05) is 18.0 Å². The summed E-state index contributed by atoms with van der Waals surface area (Å²) >= 11 is 1.94. The molecule has 0 amide bonds. The zero-order valence-corrected chi connectivity index (χ0v) is 5.87. The number of rotatable bonds is 0. The Morgan fingerprint density at radius 3 is 3.44 bits per heavy atom. The molecule has 2 rings (SSSR count). The topological polar surface area (TPSA) is 14.1 Å². The number of fused-ring (bicyclic) bond motifs is 1. The zero-order valence-electron chi connectivity index (χ0n) is 5.05. The van der Waals surface area contributed by atoms with Crippen molar-refractivity contribution in [2.24, 2.45) is 0 Å². The summed E-state index contributed by atoms with van der Waals surface area (Å²) in [6, 6.07) is 2.16. The number of hydrogen-bond donors (Lipinski definition) is 0. The average Bonchev–Trinajstić information content (AvgIpc) is 2.33. The van der Waals surface area contributed by atoms with Gasteiger partial charge in [-0.1, -0.05) is 0 Å². The summed E-state index contributed by atoms with van der Waals surface area (Å²) < 4.78 is 0. The molecule has 1 aromatic heterocycles. The number of hydrogen-bond acceptors (Lipinski definition) is 1. The van der Waals surface area contributed by atoms with E-state index in [0.29, 0.717) is 0 Å². The Labute approximate surface area is 58.5 Å². The molecule has 0 saturated heterocycles. The highest BCUT2D eigenvalue weighted by Gasteiger charge is 2.11. The molecule has 0 spiro atoms. The van der Waals surface area contributed by atoms with E-state index in [0.717, 1.165) is 0 Å². The predicted molar refractivity (Wildman–Crippen MR) is 37.4 cm³/mol. The highest BCUT2D eigenvalue weighted by molar-refractivity contribution is 7.99. The SMILES string of the molecule is c1cc2c(c[nH+]1)SCC2. The molecule has 0 bridgehead atoms. The van der Waals surface area contributed by atoms with Crippen LogP contribution in [0.15, 0.2) is 23.4 Å². The second kappa shape index (κ2) is 2.03. The quantitative estimate of drug-likeness (QED) is 0.524. The maximum absolute atomic E-state index is 3.07. The van der Waals surface area contributed by atoms with Crippen LogP contribution in [-0.4, -0.2) is 5.75 Å². The number of aromatic nitrogens is 1. The van der Waals surface area contributed by atoms with Crippen molar-refractivity contribution in [1.82, 2.24) is 0 Å². The molecule has 0 fully saturated rings. The number of aryl methyl sites for hydroxylation is 1. The fourth-order valence-electron chi connectivity index (χ4n) is 1.06. The lowest BCUT2D eigenvalue weighted by atomic mass is 10.2. The van der Waals surface area contributed by atoms with Crippen LogP contribution < -0.4 is 4.98 Å². The van der Waals surface area contributed by atoms with Gasteiger partial charge in [-0.3, -0.25) is 0 Å². The molecule has 0 unspecified atom stereocenters. The van der Waals surface area contributed by atoms with Crippen LogP contribution in [0.25, 0.3) is 0 Å². The number of thioether (sulfide) groups is 1. The first kappa shape index (κ1) is 5.30. The summed E-state index contributed by atoms with van der Waals surface area (Å²) in [5.41, 5.74) is 1.50. The van der Waals surface area contributed by atoms with Crippen molar-refractivity contribution >= 4 is 11.8 Å². The van der Waals surface area contributed by atoms with Crippen molar-refractivity contribution in [1.29, 1.82) is 0 Å². The number of aromatic amines is 1. The predicted octanol–water partition coefficient (Wildman–Crippen LogP) is 1.15. The van der Waals surface area contributed by atoms with Gasteiger partial charge in [-0.05, 0) is 12.0 Å². The minimum absolute atomic E-state index is 1.24. The second-order valence-corrected chi connectivity index (χ2v) is 3.27. The van der Waals surface area contributed by atoms with E-state index in [4.69, 9.17) is 0 Å². The fourth-order valence-corrected chi connectivity index (χ4v) is 2.11. The minimum atomic E-state index is 1.24. The minimum Gasteiger partial charge on any atom is -0.217 e. The van der Waals surface area contributed by atoms with Crippen LogP contribution >= 0.6 is 11.8 Å². The van der Waals surface area contributed by atoms with Crippen LogP contribution in [0.1, 0.15) is 5.56 Å². The second-order valence-electron chi connectivity index (χ2n) is 2.13. The lowest BCUT2D eigenvalue weighted by Gasteiger charge is -1.86. The van der Waals surface area contributed by atoms with Gasteiger partial charge in [0, 0.05) is 11.8 Å². The molecule has 0 aromatic carbocycles. The molecule has 1 nitrogen and oxygen atoms in total. The van der Waals surface area contributed by atoms with Gasteiger partial charge < -0.3 is 0 Å². The van der Waals surface area contributed by atoms with Crippen molar-refractivity contribution < 1.29 is 4.98 Å². The summed E-state index contributed by atoms with van der Waals surface area (Å²) in [6.45, 7) is 0. The summed E-state index contributed by atoms with van der Waals surface area (Å²) in [6.07, 6.45) is 5.31. The van der Waals surface area contributed by atoms with E-state index in [1.165, 1.54) is 22.6 Å². The standard InChI is InChI=1S/C7H7NS/c1-3-8-5-7-6(1)2-4-9-7/h1,3,5H,2,4H2/p+1. The van der Waals surface area contributed by atoms with Crippen LogP contribution in [-0.2, 0) is 6.42 Å². The lowest BCUT2D eigenvalue weighted by Crippen LogP contribution is -1.98. The Hall–Kier alpha value is -0.500. The average molecular weight is 138 g/mol. The third kappa shape index (κ3) is 0.833. The summed E-state index contributed by atoms with van der Waals surface area (Å²) in [7, 11) is 0. The number of H-pyrrole nitrogens is 1. The van der Waals surface area contributed by atoms with E-state index in [-0.39, 0.29) is 0 Å². The third-order valence-corrected chi connectivity index (χ3v) is 2.64. The zero-order chi connectivity index (χ0) is 6.10. The highest BCUT2D eigenvalue weighted by Crippen LogP contribution is 2.28. The van der Waals surface area contributed by atoms with Crippen molar-refractivity contribution in [2.75, 3.05) is 5.75 Å². The number of pyridine rings is 1. The largest absolute Gasteiger partial charge is 0.217 e. The molecule has 1 aliphatic rings. The molecule has 1 aromatic rings. The van der Waals surface area contributed by atoms with E-state index in [2.05, 4.69) is 17.2 Å². The first-order valence-corrected chi connectivity index (χ1v) is 4.07. The van der Waals surface area contributed by atoms with Gasteiger partial charge in [-0.15, -0.1) is 11.8 Å². The normalized spacial score (nSPS) is 15.6. The summed E-state index contributed by atoms with van der Waals surface area (Å²) in [5, 5.41) is 0. The van der Waals surface area contributed by atoms with Crippen LogP contribution in [0.4, 0.5) is 0 Å². The number of nitrogens with one attached hydrogen (secondary N) is 1. The summed E-state index contributed by atoms with van der Waals surface area (Å²) in [5.74, 6) is 1.26. The van der Waals surface area contributed by atoms with Gasteiger partial charge in [0.15, 0.2) is 12.4 Å². The highest BCUT2D eigenvalue weighted by atomic mass is 32.2. The smallest absolute Gasteiger partial charge is 0.180 e. The molecule has 2 heterocycles. The Bertz CT molecular complexity index is 199. The van der Waals surface area contributed by atoms with Crippen LogP contribution in [0.2, 0.25) is 0 Å². The van der Waals surface area contributed by atoms with Gasteiger partial charge in [-0.2, -0.15) is 0 Å². The van der Waals surface area contributed by atoms with E-state index in [1.54, 1.807) is 0 Å². The van der Waals surface area contributed by atoms with Crippen LogP contribution in [0, 0.1) is 0 Å². The lowest BCUT2D eigenvalue weighted by molar-refractivity contribution is -0.381.